The molecule has 1 N–H and O–H groups in total. The molecule has 1 aromatic carbocycles. The molecule has 2 heterocycles. The normalized spacial score (nSPS) is 22.9. The summed E-state index contributed by atoms with van der Waals surface area (Å²) in [4.78, 5) is 44.0. The predicted octanol–water partition coefficient (Wildman–Crippen LogP) is 3.92. The molecule has 0 radical (unpaired) electrons. The van der Waals surface area contributed by atoms with Crippen LogP contribution in [0, 0.1) is 5.92 Å². The van der Waals surface area contributed by atoms with Crippen molar-refractivity contribution in [3.05, 3.63) is 29.3 Å². The number of rotatable bonds is 5. The van der Waals surface area contributed by atoms with E-state index in [0.29, 0.717) is 49.5 Å². The van der Waals surface area contributed by atoms with E-state index in [4.69, 9.17) is 16.3 Å². The van der Waals surface area contributed by atoms with E-state index in [1.807, 2.05) is 16.7 Å². The Morgan fingerprint density at radius 2 is 1.67 bits per heavy atom. The number of ether oxygens (including phenoxy) is 1. The largest absolute Gasteiger partial charge is 0.415 e. The maximum Gasteiger partial charge on any atom is 0.415 e. The van der Waals surface area contributed by atoms with Crippen molar-refractivity contribution in [3.8, 4) is 5.75 Å². The highest BCUT2D eigenvalue weighted by molar-refractivity contribution is 6.32. The lowest BCUT2D eigenvalue weighted by Crippen LogP contribution is -2.62. The molecule has 1 aromatic rings. The first-order valence-corrected chi connectivity index (χ1v) is 13.7. The van der Waals surface area contributed by atoms with Crippen LogP contribution in [0.25, 0.3) is 0 Å². The van der Waals surface area contributed by atoms with E-state index in [2.05, 4.69) is 5.32 Å². The number of amides is 3. The highest BCUT2D eigenvalue weighted by atomic mass is 35.5. The second-order valence-corrected chi connectivity index (χ2v) is 10.9. The molecule has 0 spiro atoms. The summed E-state index contributed by atoms with van der Waals surface area (Å²) in [5.41, 5.74) is 0. The van der Waals surface area contributed by atoms with Gasteiger partial charge in [0.05, 0.1) is 11.1 Å². The van der Waals surface area contributed by atoms with Crippen LogP contribution in [0.5, 0.6) is 5.75 Å². The molecular weight excluding hydrogens is 480 g/mol. The summed E-state index contributed by atoms with van der Waals surface area (Å²) in [5, 5.41) is 4.13. The van der Waals surface area contributed by atoms with Crippen molar-refractivity contribution in [2.75, 3.05) is 32.7 Å². The van der Waals surface area contributed by atoms with Gasteiger partial charge in [-0.15, -0.1) is 0 Å². The zero-order chi connectivity index (χ0) is 25.7. The van der Waals surface area contributed by atoms with Crippen LogP contribution in [0.3, 0.4) is 0 Å². The van der Waals surface area contributed by atoms with E-state index in [1.54, 1.807) is 36.1 Å². The average Bonchev–Trinajstić information content (AvgIpc) is 2.89. The number of carbonyl (C=O) groups excluding carboxylic acids is 3. The Morgan fingerprint density at radius 1 is 0.972 bits per heavy atom. The molecule has 0 aromatic heterocycles. The Balaban J connectivity index is 1.40. The lowest BCUT2D eigenvalue weighted by molar-refractivity contribution is -0.140. The Hall–Kier alpha value is -2.32. The lowest BCUT2D eigenvalue weighted by atomic mass is 9.86. The number of nitrogens with zero attached hydrogens (tertiary/aromatic N) is 3. The average molecular weight is 519 g/mol. The Labute approximate surface area is 219 Å². The van der Waals surface area contributed by atoms with Crippen LogP contribution in [0.1, 0.15) is 58.8 Å². The molecule has 1 saturated carbocycles. The van der Waals surface area contributed by atoms with Gasteiger partial charge >= 0.3 is 6.09 Å². The summed E-state index contributed by atoms with van der Waals surface area (Å²) in [6, 6.07) is 6.89. The van der Waals surface area contributed by atoms with Gasteiger partial charge in [0.25, 0.3) is 0 Å². The summed E-state index contributed by atoms with van der Waals surface area (Å²) in [7, 11) is 0. The molecule has 0 bridgehead atoms. The van der Waals surface area contributed by atoms with E-state index in [1.165, 1.54) is 19.3 Å². The summed E-state index contributed by atoms with van der Waals surface area (Å²) in [6.07, 6.45) is 7.07. The molecule has 36 heavy (non-hydrogen) atoms. The molecule has 4 rings (SSSR count). The van der Waals surface area contributed by atoms with Gasteiger partial charge < -0.3 is 24.8 Å². The van der Waals surface area contributed by atoms with Crippen molar-refractivity contribution >= 4 is 29.5 Å². The number of nitrogens with one attached hydrogen (secondary N) is 1. The van der Waals surface area contributed by atoms with Crippen LogP contribution in [0.4, 0.5) is 4.79 Å². The molecule has 9 heteroatoms. The Bertz CT molecular complexity index is 930. The van der Waals surface area contributed by atoms with Crippen molar-refractivity contribution in [1.82, 2.24) is 20.0 Å². The summed E-state index contributed by atoms with van der Waals surface area (Å²) in [5.74, 6) is 0.757. The molecule has 3 fully saturated rings. The third-order valence-corrected chi connectivity index (χ3v) is 8.26. The van der Waals surface area contributed by atoms with Crippen molar-refractivity contribution < 1.29 is 19.1 Å². The fourth-order valence-corrected chi connectivity index (χ4v) is 5.97. The first-order chi connectivity index (χ1) is 17.3. The topological polar surface area (TPSA) is 82.2 Å². The fraction of sp³-hybridized carbons (Fsp3) is 0.667. The van der Waals surface area contributed by atoms with Gasteiger partial charge in [-0.1, -0.05) is 43.0 Å². The fourth-order valence-electron chi connectivity index (χ4n) is 5.80. The number of likely N-dealkylation sites (tertiary alicyclic amines) is 1. The predicted molar refractivity (Wildman–Crippen MR) is 139 cm³/mol. The van der Waals surface area contributed by atoms with E-state index >= 15 is 0 Å². The van der Waals surface area contributed by atoms with E-state index in [9.17, 15) is 14.4 Å². The van der Waals surface area contributed by atoms with Crippen LogP contribution in [-0.2, 0) is 9.59 Å². The number of piperidine rings is 1. The first-order valence-electron chi connectivity index (χ1n) is 13.4. The van der Waals surface area contributed by atoms with E-state index < -0.39 is 6.09 Å². The van der Waals surface area contributed by atoms with Gasteiger partial charge in [-0.3, -0.25) is 9.59 Å². The standard InChI is InChI=1S/C27H39ClN4O4/c1-19-18-31(27(35)36-24-11-7-6-10-23(24)28)16-17-32(19)26(34)25(29-22-8-4-3-5-9-22)21-12-14-30(15-13-21)20(2)33/h6-7,10-11,19,21-22,25,29H,3-5,8-9,12-18H2,1-2H3/t19-,25?/m1/s1. The summed E-state index contributed by atoms with van der Waals surface area (Å²) in [6.45, 7) is 6.30. The SMILES string of the molecule is CC(=O)N1CCC(C(NC2CCCCC2)C(=O)N2CCN(C(=O)Oc3ccccc3Cl)C[C@H]2C)CC1. The second kappa shape index (κ2) is 12.3. The molecule has 2 saturated heterocycles. The highest BCUT2D eigenvalue weighted by Crippen LogP contribution is 2.27. The lowest BCUT2D eigenvalue weighted by Gasteiger charge is -2.44. The zero-order valence-electron chi connectivity index (χ0n) is 21.5. The molecule has 198 valence electrons. The Morgan fingerprint density at radius 3 is 2.31 bits per heavy atom. The number of halogens is 1. The molecule has 2 aliphatic heterocycles. The van der Waals surface area contributed by atoms with Gasteiger partial charge in [-0.2, -0.15) is 0 Å². The summed E-state index contributed by atoms with van der Waals surface area (Å²) < 4.78 is 5.51. The maximum atomic E-state index is 13.9. The van der Waals surface area contributed by atoms with Crippen molar-refractivity contribution in [1.29, 1.82) is 0 Å². The molecule has 8 nitrogen and oxygen atoms in total. The summed E-state index contributed by atoms with van der Waals surface area (Å²) >= 11 is 6.14. The molecule has 3 aliphatic rings. The number of carbonyl (C=O) groups is 3. The Kier molecular flexibility index (Phi) is 9.12. The second-order valence-electron chi connectivity index (χ2n) is 10.4. The van der Waals surface area contributed by atoms with Gasteiger partial charge in [0.15, 0.2) is 5.75 Å². The molecule has 2 atom stereocenters. The molecule has 1 unspecified atom stereocenters. The van der Waals surface area contributed by atoms with E-state index in [-0.39, 0.29) is 29.8 Å². The third-order valence-electron chi connectivity index (χ3n) is 7.95. The van der Waals surface area contributed by atoms with Gasteiger partial charge in [-0.05, 0) is 50.7 Å². The first kappa shape index (κ1) is 26.7. The van der Waals surface area contributed by atoms with Crippen LogP contribution < -0.4 is 10.1 Å². The zero-order valence-corrected chi connectivity index (χ0v) is 22.2. The quantitative estimate of drug-likeness (QED) is 0.639. The minimum atomic E-state index is -0.449. The van der Waals surface area contributed by atoms with Crippen LogP contribution in [0.2, 0.25) is 5.02 Å². The monoisotopic (exact) mass is 518 g/mol. The van der Waals surface area contributed by atoms with Gasteiger partial charge in [0.1, 0.15) is 0 Å². The van der Waals surface area contributed by atoms with Crippen molar-refractivity contribution in [2.24, 2.45) is 5.92 Å². The van der Waals surface area contributed by atoms with Gasteiger partial charge in [0.2, 0.25) is 11.8 Å². The third kappa shape index (κ3) is 6.51. The van der Waals surface area contributed by atoms with Gasteiger partial charge in [-0.25, -0.2) is 4.79 Å². The van der Waals surface area contributed by atoms with Crippen LogP contribution in [-0.4, -0.2) is 83.5 Å². The van der Waals surface area contributed by atoms with Gasteiger partial charge in [0, 0.05) is 51.7 Å². The highest BCUT2D eigenvalue weighted by Gasteiger charge is 2.39. The van der Waals surface area contributed by atoms with Crippen molar-refractivity contribution in [2.45, 2.75) is 76.9 Å². The van der Waals surface area contributed by atoms with Crippen LogP contribution in [0.15, 0.2) is 24.3 Å². The maximum absolute atomic E-state index is 13.9. The number of hydrogen-bond acceptors (Lipinski definition) is 5. The number of benzene rings is 1. The molecule has 1 aliphatic carbocycles. The smallest absolute Gasteiger partial charge is 0.409 e. The van der Waals surface area contributed by atoms with Crippen LogP contribution >= 0.6 is 11.6 Å². The minimum Gasteiger partial charge on any atom is -0.409 e. The van der Waals surface area contributed by atoms with Crippen molar-refractivity contribution in [3.63, 3.8) is 0 Å². The number of hydrogen-bond donors (Lipinski definition) is 1. The number of piperazine rings is 1. The van der Waals surface area contributed by atoms with E-state index in [0.717, 1.165) is 25.7 Å². The minimum absolute atomic E-state index is 0.102. The molecule has 3 amide bonds. The molecular formula is C27H39ClN4O4. The number of para-hydroxylation sites is 1.